The molecular formula is C15H18N2O2. The fourth-order valence-corrected chi connectivity index (χ4v) is 1.90. The van der Waals surface area contributed by atoms with Crippen LogP contribution in [0.1, 0.15) is 12.5 Å². The van der Waals surface area contributed by atoms with Crippen molar-refractivity contribution in [2.45, 2.75) is 19.1 Å². The molecule has 0 saturated carbocycles. The summed E-state index contributed by atoms with van der Waals surface area (Å²) in [5.41, 5.74) is 6.64. The summed E-state index contributed by atoms with van der Waals surface area (Å²) in [6, 6.07) is 9.39. The summed E-state index contributed by atoms with van der Waals surface area (Å²) in [6.07, 6.45) is -0.101. The van der Waals surface area contributed by atoms with Crippen LogP contribution in [0.3, 0.4) is 0 Å². The van der Waals surface area contributed by atoms with Gasteiger partial charge in [0.15, 0.2) is 0 Å². The number of amides is 1. The zero-order chi connectivity index (χ0) is 13.7. The first-order chi connectivity index (χ1) is 9.16. The van der Waals surface area contributed by atoms with E-state index in [2.05, 4.69) is 11.8 Å². The van der Waals surface area contributed by atoms with Crippen molar-refractivity contribution in [1.29, 1.82) is 0 Å². The van der Waals surface area contributed by atoms with Gasteiger partial charge in [-0.05, 0) is 19.1 Å². The quantitative estimate of drug-likeness (QED) is 0.751. The normalized spacial score (nSPS) is 20.3. The van der Waals surface area contributed by atoms with E-state index in [1.165, 1.54) is 0 Å². The number of hydrogen-bond acceptors (Lipinski definition) is 3. The minimum Gasteiger partial charge on any atom is -0.373 e. The van der Waals surface area contributed by atoms with Gasteiger partial charge in [0, 0.05) is 30.6 Å². The van der Waals surface area contributed by atoms with Crippen molar-refractivity contribution >= 4 is 5.91 Å². The molecule has 0 bridgehead atoms. The first kappa shape index (κ1) is 13.6. The van der Waals surface area contributed by atoms with Crippen LogP contribution in [0.4, 0.5) is 0 Å². The van der Waals surface area contributed by atoms with Crippen LogP contribution in [0.2, 0.25) is 0 Å². The summed E-state index contributed by atoms with van der Waals surface area (Å²) in [5, 5.41) is 0. The molecular weight excluding hydrogens is 240 g/mol. The zero-order valence-corrected chi connectivity index (χ0v) is 11.0. The van der Waals surface area contributed by atoms with E-state index in [1.807, 2.05) is 37.3 Å². The molecule has 1 aliphatic heterocycles. The lowest BCUT2D eigenvalue weighted by Gasteiger charge is -2.33. The highest BCUT2D eigenvalue weighted by atomic mass is 16.5. The molecule has 2 atom stereocenters. The standard InChI is InChI=1S/C15H18N2O2/c1-12(16)14-11-17(9-10-19-14)15(18)8-7-13-5-3-2-4-6-13/h2-6,12,14H,9-11,16H2,1H3. The highest BCUT2D eigenvalue weighted by Gasteiger charge is 2.25. The van der Waals surface area contributed by atoms with Crippen LogP contribution in [0, 0.1) is 11.8 Å². The lowest BCUT2D eigenvalue weighted by atomic mass is 10.1. The molecule has 1 saturated heterocycles. The van der Waals surface area contributed by atoms with Gasteiger partial charge in [0.25, 0.3) is 5.91 Å². The maximum absolute atomic E-state index is 12.0. The van der Waals surface area contributed by atoms with E-state index in [1.54, 1.807) is 4.90 Å². The van der Waals surface area contributed by atoms with Gasteiger partial charge >= 0.3 is 0 Å². The van der Waals surface area contributed by atoms with Gasteiger partial charge in [-0.1, -0.05) is 24.1 Å². The smallest absolute Gasteiger partial charge is 0.298 e. The molecule has 2 rings (SSSR count). The molecule has 2 unspecified atom stereocenters. The molecule has 4 nitrogen and oxygen atoms in total. The Hall–Kier alpha value is -1.83. The Labute approximate surface area is 113 Å². The van der Waals surface area contributed by atoms with Gasteiger partial charge in [-0.3, -0.25) is 4.79 Å². The lowest BCUT2D eigenvalue weighted by Crippen LogP contribution is -2.51. The number of rotatable bonds is 1. The predicted octanol–water partition coefficient (Wildman–Crippen LogP) is 0.613. The molecule has 1 aromatic carbocycles. The van der Waals surface area contributed by atoms with Gasteiger partial charge in [0.05, 0.1) is 12.7 Å². The summed E-state index contributed by atoms with van der Waals surface area (Å²) in [5.74, 6) is 5.37. The van der Waals surface area contributed by atoms with E-state index >= 15 is 0 Å². The van der Waals surface area contributed by atoms with Crippen molar-refractivity contribution in [3.8, 4) is 11.8 Å². The van der Waals surface area contributed by atoms with E-state index in [0.29, 0.717) is 19.7 Å². The van der Waals surface area contributed by atoms with Crippen molar-refractivity contribution in [3.05, 3.63) is 35.9 Å². The fraction of sp³-hybridized carbons (Fsp3) is 0.400. The Morgan fingerprint density at radius 3 is 2.89 bits per heavy atom. The van der Waals surface area contributed by atoms with Gasteiger partial charge in [-0.2, -0.15) is 0 Å². The number of ether oxygens (including phenoxy) is 1. The molecule has 19 heavy (non-hydrogen) atoms. The van der Waals surface area contributed by atoms with Crippen LogP contribution in [-0.4, -0.2) is 42.6 Å². The van der Waals surface area contributed by atoms with Gasteiger partial charge in [-0.15, -0.1) is 0 Å². The number of morpholine rings is 1. The molecule has 4 heteroatoms. The predicted molar refractivity (Wildman–Crippen MR) is 73.3 cm³/mol. The molecule has 1 aliphatic rings. The molecule has 1 fully saturated rings. The molecule has 0 aromatic heterocycles. The van der Waals surface area contributed by atoms with Crippen molar-refractivity contribution in [3.63, 3.8) is 0 Å². The maximum Gasteiger partial charge on any atom is 0.298 e. The number of benzene rings is 1. The molecule has 0 radical (unpaired) electrons. The van der Waals surface area contributed by atoms with Crippen LogP contribution in [0.25, 0.3) is 0 Å². The van der Waals surface area contributed by atoms with Crippen molar-refractivity contribution in [1.82, 2.24) is 4.90 Å². The third-order valence-electron chi connectivity index (χ3n) is 3.05. The minimum atomic E-state index is -0.169. The average molecular weight is 258 g/mol. The van der Waals surface area contributed by atoms with Gasteiger partial charge < -0.3 is 15.4 Å². The summed E-state index contributed by atoms with van der Waals surface area (Å²) < 4.78 is 5.52. The van der Waals surface area contributed by atoms with Gasteiger partial charge in [0.2, 0.25) is 0 Å². The Kier molecular flexibility index (Phi) is 4.56. The van der Waals surface area contributed by atoms with Crippen LogP contribution in [0.15, 0.2) is 30.3 Å². The SMILES string of the molecule is CC(N)C1CN(C(=O)C#Cc2ccccc2)CCO1. The van der Waals surface area contributed by atoms with Crippen molar-refractivity contribution < 1.29 is 9.53 Å². The number of nitrogens with two attached hydrogens (primary N) is 1. The molecule has 0 spiro atoms. The first-order valence-electron chi connectivity index (χ1n) is 6.40. The van der Waals surface area contributed by atoms with E-state index in [0.717, 1.165) is 5.56 Å². The van der Waals surface area contributed by atoms with Gasteiger partial charge in [0.1, 0.15) is 0 Å². The number of carbonyl (C=O) groups excluding carboxylic acids is 1. The molecule has 0 aliphatic carbocycles. The third-order valence-corrected chi connectivity index (χ3v) is 3.05. The largest absolute Gasteiger partial charge is 0.373 e. The first-order valence-corrected chi connectivity index (χ1v) is 6.40. The van der Waals surface area contributed by atoms with Crippen LogP contribution in [0.5, 0.6) is 0 Å². The molecule has 1 amide bonds. The minimum absolute atomic E-state index is 0.0855. The summed E-state index contributed by atoms with van der Waals surface area (Å²) in [7, 11) is 0. The van der Waals surface area contributed by atoms with Crippen molar-refractivity contribution in [2.75, 3.05) is 19.7 Å². The van der Waals surface area contributed by atoms with Crippen LogP contribution < -0.4 is 5.73 Å². The summed E-state index contributed by atoms with van der Waals surface area (Å²) in [4.78, 5) is 13.7. The van der Waals surface area contributed by atoms with Crippen molar-refractivity contribution in [2.24, 2.45) is 5.73 Å². The zero-order valence-electron chi connectivity index (χ0n) is 11.0. The Bertz CT molecular complexity index is 488. The second-order valence-electron chi connectivity index (χ2n) is 4.64. The molecule has 100 valence electrons. The Morgan fingerprint density at radius 2 is 2.21 bits per heavy atom. The number of hydrogen-bond donors (Lipinski definition) is 1. The average Bonchev–Trinajstić information content (AvgIpc) is 2.46. The Morgan fingerprint density at radius 1 is 1.47 bits per heavy atom. The molecule has 1 aromatic rings. The van der Waals surface area contributed by atoms with E-state index in [9.17, 15) is 4.79 Å². The van der Waals surface area contributed by atoms with E-state index in [4.69, 9.17) is 10.5 Å². The third kappa shape index (κ3) is 3.82. The monoisotopic (exact) mass is 258 g/mol. The molecule has 1 heterocycles. The van der Waals surface area contributed by atoms with E-state index < -0.39 is 0 Å². The fourth-order valence-electron chi connectivity index (χ4n) is 1.90. The summed E-state index contributed by atoms with van der Waals surface area (Å²) in [6.45, 7) is 3.49. The Balaban J connectivity index is 1.99. The van der Waals surface area contributed by atoms with Crippen LogP contribution in [-0.2, 0) is 9.53 Å². The second kappa shape index (κ2) is 6.37. The second-order valence-corrected chi connectivity index (χ2v) is 4.64. The number of carbonyl (C=O) groups is 1. The van der Waals surface area contributed by atoms with Gasteiger partial charge in [-0.25, -0.2) is 0 Å². The molecule has 2 N–H and O–H groups in total. The highest BCUT2D eigenvalue weighted by molar-refractivity contribution is 5.94. The highest BCUT2D eigenvalue weighted by Crippen LogP contribution is 2.07. The lowest BCUT2D eigenvalue weighted by molar-refractivity contribution is -0.133. The van der Waals surface area contributed by atoms with E-state index in [-0.39, 0.29) is 18.1 Å². The topological polar surface area (TPSA) is 55.6 Å². The maximum atomic E-state index is 12.0. The number of nitrogens with zero attached hydrogens (tertiary/aromatic N) is 1. The van der Waals surface area contributed by atoms with Crippen LogP contribution >= 0.6 is 0 Å². The summed E-state index contributed by atoms with van der Waals surface area (Å²) >= 11 is 0.